The second kappa shape index (κ2) is 9.19. The van der Waals surface area contributed by atoms with E-state index in [0.29, 0.717) is 42.7 Å². The zero-order chi connectivity index (χ0) is 21.1. The van der Waals surface area contributed by atoms with Gasteiger partial charge in [-0.15, -0.1) is 0 Å². The maximum atomic E-state index is 12.5. The molecule has 158 valence electrons. The molecular formula is C18H22BrClN4O5. The molecule has 1 aliphatic heterocycles. The first kappa shape index (κ1) is 21.7. The van der Waals surface area contributed by atoms with E-state index in [1.54, 1.807) is 11.0 Å². The maximum absolute atomic E-state index is 12.5. The van der Waals surface area contributed by atoms with Crippen molar-refractivity contribution in [1.29, 1.82) is 0 Å². The van der Waals surface area contributed by atoms with E-state index in [1.165, 1.54) is 4.57 Å². The van der Waals surface area contributed by atoms with Crippen LogP contribution >= 0.6 is 27.5 Å². The van der Waals surface area contributed by atoms with Gasteiger partial charge < -0.3 is 19.7 Å². The van der Waals surface area contributed by atoms with E-state index >= 15 is 0 Å². The number of nitrogens with zero attached hydrogens (tertiary/aromatic N) is 2. The average molecular weight is 490 g/mol. The van der Waals surface area contributed by atoms with Crippen LogP contribution in [0.4, 0.5) is 4.79 Å². The minimum atomic E-state index is -0.622. The fourth-order valence-electron chi connectivity index (χ4n) is 3.12. The predicted molar refractivity (Wildman–Crippen MR) is 113 cm³/mol. The van der Waals surface area contributed by atoms with Crippen molar-refractivity contribution in [2.24, 2.45) is 5.92 Å². The molecule has 2 aromatic rings. The van der Waals surface area contributed by atoms with E-state index in [0.717, 1.165) is 0 Å². The van der Waals surface area contributed by atoms with Crippen LogP contribution in [0.5, 0.6) is 5.75 Å². The number of piperazine rings is 1. The fraction of sp³-hybridized carbons (Fsp3) is 0.500. The van der Waals surface area contributed by atoms with Crippen LogP contribution < -0.4 is 21.3 Å². The number of ether oxygens (including phenoxy) is 2. The Labute approximate surface area is 180 Å². The average Bonchev–Trinajstić information content (AvgIpc) is 2.68. The Morgan fingerprint density at radius 3 is 2.66 bits per heavy atom. The van der Waals surface area contributed by atoms with Gasteiger partial charge in [-0.1, -0.05) is 25.4 Å². The molecule has 1 fully saturated rings. The van der Waals surface area contributed by atoms with E-state index in [9.17, 15) is 14.4 Å². The highest BCUT2D eigenvalue weighted by molar-refractivity contribution is 9.10. The normalized spacial score (nSPS) is 14.4. The summed E-state index contributed by atoms with van der Waals surface area (Å²) in [5.41, 5.74) is -0.753. The first-order chi connectivity index (χ1) is 13.8. The van der Waals surface area contributed by atoms with Crippen molar-refractivity contribution >= 4 is 44.5 Å². The van der Waals surface area contributed by atoms with E-state index in [4.69, 9.17) is 21.1 Å². The first-order valence-electron chi connectivity index (χ1n) is 9.19. The molecule has 0 radical (unpaired) electrons. The minimum absolute atomic E-state index is 0.0444. The lowest BCUT2D eigenvalue weighted by Gasteiger charge is -2.26. The topological polar surface area (TPSA) is 106 Å². The van der Waals surface area contributed by atoms with E-state index in [2.05, 4.69) is 26.2 Å². The third kappa shape index (κ3) is 4.76. The third-order valence-corrected chi connectivity index (χ3v) is 5.68. The number of fused-ring (bicyclic) bond motifs is 1. The SMILES string of the molecule is CC(C)Cn1c(=O)[nH]c(=O)c2c(OCOC(=O)N3CCNCC3)c(Cl)c(Br)cc21. The Balaban J connectivity index is 1.92. The number of aromatic amines is 1. The van der Waals surface area contributed by atoms with Gasteiger partial charge in [0, 0.05) is 37.2 Å². The lowest BCUT2D eigenvalue weighted by molar-refractivity contribution is 0.0335. The maximum Gasteiger partial charge on any atom is 0.412 e. The minimum Gasteiger partial charge on any atom is -0.455 e. The third-order valence-electron chi connectivity index (χ3n) is 4.45. The predicted octanol–water partition coefficient (Wildman–Crippen LogP) is 2.14. The highest BCUT2D eigenvalue weighted by Gasteiger charge is 2.21. The summed E-state index contributed by atoms with van der Waals surface area (Å²) in [4.78, 5) is 40.8. The molecule has 1 aromatic heterocycles. The summed E-state index contributed by atoms with van der Waals surface area (Å²) in [7, 11) is 0. The molecular weight excluding hydrogens is 468 g/mol. The van der Waals surface area contributed by atoms with Gasteiger partial charge in [0.15, 0.2) is 5.75 Å². The molecule has 1 aromatic carbocycles. The monoisotopic (exact) mass is 488 g/mol. The van der Waals surface area contributed by atoms with Gasteiger partial charge in [-0.2, -0.15) is 0 Å². The largest absolute Gasteiger partial charge is 0.455 e. The number of halogens is 2. The number of hydrogen-bond acceptors (Lipinski definition) is 6. The number of amides is 1. The molecule has 0 unspecified atom stereocenters. The first-order valence-corrected chi connectivity index (χ1v) is 10.4. The number of nitrogens with one attached hydrogen (secondary N) is 2. The lowest BCUT2D eigenvalue weighted by Crippen LogP contribution is -2.46. The van der Waals surface area contributed by atoms with Crippen LogP contribution in [0.1, 0.15) is 13.8 Å². The molecule has 1 saturated heterocycles. The summed E-state index contributed by atoms with van der Waals surface area (Å²) < 4.78 is 12.7. The van der Waals surface area contributed by atoms with Crippen LogP contribution in [0.3, 0.4) is 0 Å². The van der Waals surface area contributed by atoms with Crippen LogP contribution in [-0.2, 0) is 11.3 Å². The molecule has 2 N–H and O–H groups in total. The van der Waals surface area contributed by atoms with Crippen molar-refractivity contribution in [2.45, 2.75) is 20.4 Å². The number of hydrogen-bond donors (Lipinski definition) is 2. The fourth-order valence-corrected chi connectivity index (χ4v) is 3.72. The number of carbonyl (C=O) groups is 1. The van der Waals surface area contributed by atoms with Gasteiger partial charge in [-0.25, -0.2) is 9.59 Å². The lowest BCUT2D eigenvalue weighted by atomic mass is 10.2. The standard InChI is InChI=1S/C18H22BrClN4O5/c1-10(2)8-24-12-7-11(19)14(20)15(13(12)16(25)22-17(24)26)28-9-29-18(27)23-5-3-21-4-6-23/h7,10,21H,3-6,8-9H2,1-2H3,(H,22,25,26). The van der Waals surface area contributed by atoms with Crippen LogP contribution in [0.25, 0.3) is 10.9 Å². The van der Waals surface area contributed by atoms with Crippen molar-refractivity contribution in [3.8, 4) is 5.75 Å². The van der Waals surface area contributed by atoms with Crippen LogP contribution in [-0.4, -0.2) is 53.5 Å². The Morgan fingerprint density at radius 2 is 2.00 bits per heavy atom. The molecule has 3 rings (SSSR count). The quantitative estimate of drug-likeness (QED) is 0.624. The van der Waals surface area contributed by atoms with Gasteiger partial charge in [-0.05, 0) is 27.9 Å². The van der Waals surface area contributed by atoms with E-state index in [1.807, 2.05) is 13.8 Å². The number of rotatable bonds is 5. The smallest absolute Gasteiger partial charge is 0.412 e. The Bertz CT molecular complexity index is 1030. The van der Waals surface area contributed by atoms with E-state index in [-0.39, 0.29) is 22.1 Å². The molecule has 9 nitrogen and oxygen atoms in total. The van der Waals surface area contributed by atoms with E-state index < -0.39 is 24.1 Å². The molecule has 1 aliphatic rings. The molecule has 0 bridgehead atoms. The Morgan fingerprint density at radius 1 is 1.31 bits per heavy atom. The molecule has 29 heavy (non-hydrogen) atoms. The number of H-pyrrole nitrogens is 1. The summed E-state index contributed by atoms with van der Waals surface area (Å²) >= 11 is 9.67. The van der Waals surface area contributed by atoms with Crippen LogP contribution in [0.15, 0.2) is 20.1 Å². The summed E-state index contributed by atoms with van der Waals surface area (Å²) in [6.07, 6.45) is -0.507. The van der Waals surface area contributed by atoms with Crippen molar-refractivity contribution in [3.63, 3.8) is 0 Å². The van der Waals surface area contributed by atoms with Gasteiger partial charge in [-0.3, -0.25) is 14.3 Å². The van der Waals surface area contributed by atoms with Gasteiger partial charge >= 0.3 is 11.8 Å². The zero-order valence-corrected chi connectivity index (χ0v) is 18.4. The van der Waals surface area contributed by atoms with Gasteiger partial charge in [0.25, 0.3) is 5.56 Å². The summed E-state index contributed by atoms with van der Waals surface area (Å²) in [5.74, 6) is 0.212. The zero-order valence-electron chi connectivity index (χ0n) is 16.1. The highest BCUT2D eigenvalue weighted by Crippen LogP contribution is 2.37. The molecule has 1 amide bonds. The molecule has 0 atom stereocenters. The number of benzene rings is 1. The molecule has 0 spiro atoms. The Hall–Kier alpha value is -2.04. The summed E-state index contributed by atoms with van der Waals surface area (Å²) in [5, 5.41) is 3.42. The van der Waals surface area contributed by atoms with Crippen molar-refractivity contribution in [1.82, 2.24) is 19.8 Å². The number of carbonyl (C=O) groups excluding carboxylic acids is 1. The van der Waals surface area contributed by atoms with Gasteiger partial charge in [0.2, 0.25) is 6.79 Å². The van der Waals surface area contributed by atoms with Crippen LogP contribution in [0.2, 0.25) is 5.02 Å². The molecule has 11 heteroatoms. The van der Waals surface area contributed by atoms with Crippen molar-refractivity contribution < 1.29 is 14.3 Å². The summed E-state index contributed by atoms with van der Waals surface area (Å²) in [6.45, 7) is 6.37. The number of aromatic nitrogens is 2. The Kier molecular flexibility index (Phi) is 6.86. The highest BCUT2D eigenvalue weighted by atomic mass is 79.9. The van der Waals surface area contributed by atoms with Gasteiger partial charge in [0.05, 0.1) is 10.5 Å². The molecule has 0 aliphatic carbocycles. The van der Waals surface area contributed by atoms with Crippen LogP contribution in [0, 0.1) is 5.92 Å². The molecule has 2 heterocycles. The molecule has 0 saturated carbocycles. The van der Waals surface area contributed by atoms with Crippen molar-refractivity contribution in [2.75, 3.05) is 33.0 Å². The second-order valence-electron chi connectivity index (χ2n) is 7.07. The second-order valence-corrected chi connectivity index (χ2v) is 8.30. The van der Waals surface area contributed by atoms with Gasteiger partial charge in [0.1, 0.15) is 5.39 Å². The summed E-state index contributed by atoms with van der Waals surface area (Å²) in [6, 6.07) is 1.61. The van der Waals surface area contributed by atoms with Crippen molar-refractivity contribution in [3.05, 3.63) is 36.4 Å².